The highest BCUT2D eigenvalue weighted by molar-refractivity contribution is 7.11. The summed E-state index contributed by atoms with van der Waals surface area (Å²) in [7, 11) is 0. The number of hydrogen-bond donors (Lipinski definition) is 0. The lowest BCUT2D eigenvalue weighted by Gasteiger charge is -2.27. The first-order valence-electron chi connectivity index (χ1n) is 12.3. The van der Waals surface area contributed by atoms with Gasteiger partial charge in [0.05, 0.1) is 29.7 Å². The molecule has 0 radical (unpaired) electrons. The average Bonchev–Trinajstić information content (AvgIpc) is 3.29. The molecule has 1 fully saturated rings. The summed E-state index contributed by atoms with van der Waals surface area (Å²) in [6, 6.07) is 3.39. The van der Waals surface area contributed by atoms with E-state index in [0.29, 0.717) is 17.9 Å². The zero-order valence-corrected chi connectivity index (χ0v) is 20.8. The van der Waals surface area contributed by atoms with Gasteiger partial charge in [-0.2, -0.15) is 0 Å². The lowest BCUT2D eigenvalue weighted by molar-refractivity contribution is -0.122. The normalized spacial score (nSPS) is 15.8. The summed E-state index contributed by atoms with van der Waals surface area (Å²) in [5.74, 6) is -0.121. The van der Waals surface area contributed by atoms with Crippen LogP contribution in [0.1, 0.15) is 68.3 Å². The van der Waals surface area contributed by atoms with Gasteiger partial charge < -0.3 is 0 Å². The van der Waals surface area contributed by atoms with Crippen molar-refractivity contribution in [1.82, 2.24) is 19.4 Å². The van der Waals surface area contributed by atoms with Crippen molar-refractivity contribution < 1.29 is 9.18 Å². The van der Waals surface area contributed by atoms with E-state index in [4.69, 9.17) is 0 Å². The summed E-state index contributed by atoms with van der Waals surface area (Å²) < 4.78 is 15.3. The Bertz CT molecular complexity index is 1180. The molecule has 0 spiro atoms. The predicted molar refractivity (Wildman–Crippen MR) is 134 cm³/mol. The van der Waals surface area contributed by atoms with E-state index in [9.17, 15) is 14.0 Å². The number of thiazole rings is 1. The van der Waals surface area contributed by atoms with E-state index in [2.05, 4.69) is 28.7 Å². The van der Waals surface area contributed by atoms with Crippen molar-refractivity contribution >= 4 is 28.0 Å². The molecule has 1 saturated carbocycles. The van der Waals surface area contributed by atoms with E-state index in [-0.39, 0.29) is 23.1 Å². The molecule has 1 aliphatic carbocycles. The first-order valence-corrected chi connectivity index (χ1v) is 13.1. The van der Waals surface area contributed by atoms with E-state index in [0.717, 1.165) is 55.2 Å². The Morgan fingerprint density at radius 2 is 1.97 bits per heavy atom. The molecule has 0 saturated heterocycles. The number of aromatic nitrogens is 3. The Labute approximate surface area is 203 Å². The van der Waals surface area contributed by atoms with Gasteiger partial charge in [0.25, 0.3) is 5.56 Å². The van der Waals surface area contributed by atoms with Gasteiger partial charge in [0.2, 0.25) is 0 Å². The predicted octanol–water partition coefficient (Wildman–Crippen LogP) is 5.16. The van der Waals surface area contributed by atoms with Crippen molar-refractivity contribution in [2.24, 2.45) is 5.92 Å². The van der Waals surface area contributed by atoms with E-state index in [1.54, 1.807) is 11.3 Å². The van der Waals surface area contributed by atoms with Crippen LogP contribution in [-0.2, 0) is 17.8 Å². The zero-order valence-electron chi connectivity index (χ0n) is 20.0. The van der Waals surface area contributed by atoms with Crippen LogP contribution in [0.2, 0.25) is 0 Å². The lowest BCUT2D eigenvalue weighted by Crippen LogP contribution is -2.33. The van der Waals surface area contributed by atoms with Gasteiger partial charge >= 0.3 is 0 Å². The molecule has 0 bridgehead atoms. The van der Waals surface area contributed by atoms with Crippen LogP contribution in [0.5, 0.6) is 0 Å². The van der Waals surface area contributed by atoms with E-state index in [1.807, 2.05) is 6.20 Å². The maximum atomic E-state index is 13.9. The molecular formula is C26H33FN4O2S. The quantitative estimate of drug-likeness (QED) is 0.398. The van der Waals surface area contributed by atoms with Crippen LogP contribution in [0.4, 0.5) is 4.39 Å². The highest BCUT2D eigenvalue weighted by Crippen LogP contribution is 2.32. The number of carbonyl (C=O) groups excluding carboxylic acids is 1. The Hall–Kier alpha value is -2.45. The molecule has 1 aromatic carbocycles. The SMILES string of the molecule is CCN(CC)Cc1cnc(CC(=O)C(CC2CCCCC2)n2cnc3ccc(F)cc3c2=O)s1. The summed E-state index contributed by atoms with van der Waals surface area (Å²) in [5.41, 5.74) is 0.0764. The van der Waals surface area contributed by atoms with Crippen molar-refractivity contribution in [1.29, 1.82) is 0 Å². The highest BCUT2D eigenvalue weighted by atomic mass is 32.1. The molecule has 0 amide bonds. The fraction of sp³-hybridized carbons (Fsp3) is 0.538. The van der Waals surface area contributed by atoms with Gasteiger partial charge in [-0.15, -0.1) is 11.3 Å². The maximum absolute atomic E-state index is 13.9. The third kappa shape index (κ3) is 5.78. The molecule has 182 valence electrons. The first-order chi connectivity index (χ1) is 16.5. The van der Waals surface area contributed by atoms with Crippen molar-refractivity contribution in [3.8, 4) is 0 Å². The minimum Gasteiger partial charge on any atom is -0.299 e. The van der Waals surface area contributed by atoms with E-state index >= 15 is 0 Å². The maximum Gasteiger partial charge on any atom is 0.261 e. The zero-order chi connectivity index (χ0) is 24.1. The van der Waals surface area contributed by atoms with Gasteiger partial charge in [0.1, 0.15) is 10.8 Å². The van der Waals surface area contributed by atoms with Crippen molar-refractivity contribution in [3.63, 3.8) is 0 Å². The topological polar surface area (TPSA) is 68.1 Å². The summed E-state index contributed by atoms with van der Waals surface area (Å²) in [6.45, 7) is 7.01. The molecule has 8 heteroatoms. The second-order valence-corrected chi connectivity index (χ2v) is 10.4. The van der Waals surface area contributed by atoms with Crippen LogP contribution < -0.4 is 5.56 Å². The standard InChI is InChI=1S/C26H33FN4O2S/c1-3-30(4-2)16-20-15-28-25(34-20)14-24(32)23(12-18-8-6-5-7-9-18)31-17-29-22-11-10-19(27)13-21(22)26(31)33/h10-11,13,15,17-18,23H,3-9,12,14,16H2,1-2H3. The van der Waals surface area contributed by atoms with Crippen LogP contribution in [-0.4, -0.2) is 38.3 Å². The average molecular weight is 485 g/mol. The Morgan fingerprint density at radius 3 is 2.71 bits per heavy atom. The summed E-state index contributed by atoms with van der Waals surface area (Å²) >= 11 is 1.56. The van der Waals surface area contributed by atoms with Gasteiger partial charge in [0, 0.05) is 17.6 Å². The molecule has 4 rings (SSSR count). The number of hydrogen-bond acceptors (Lipinski definition) is 6. The minimum absolute atomic E-state index is 0.0334. The fourth-order valence-electron chi connectivity index (χ4n) is 4.91. The van der Waals surface area contributed by atoms with Crippen LogP contribution in [0.15, 0.2) is 35.5 Å². The fourth-order valence-corrected chi connectivity index (χ4v) is 5.88. The van der Waals surface area contributed by atoms with Crippen molar-refractivity contribution in [2.75, 3.05) is 13.1 Å². The van der Waals surface area contributed by atoms with E-state index in [1.165, 1.54) is 35.5 Å². The third-order valence-corrected chi connectivity index (χ3v) is 7.92. The second-order valence-electron chi connectivity index (χ2n) is 9.20. The monoisotopic (exact) mass is 484 g/mol. The summed E-state index contributed by atoms with van der Waals surface area (Å²) in [4.78, 5) is 39.2. The van der Waals surface area contributed by atoms with Crippen LogP contribution in [0, 0.1) is 11.7 Å². The third-order valence-electron chi connectivity index (χ3n) is 6.93. The van der Waals surface area contributed by atoms with Gasteiger partial charge in [-0.05, 0) is 43.6 Å². The van der Waals surface area contributed by atoms with Crippen molar-refractivity contribution in [3.05, 3.63) is 56.8 Å². The van der Waals surface area contributed by atoms with Crippen molar-refractivity contribution in [2.45, 2.75) is 71.4 Å². The Morgan fingerprint density at radius 1 is 1.21 bits per heavy atom. The van der Waals surface area contributed by atoms with Gasteiger partial charge in [-0.1, -0.05) is 46.0 Å². The van der Waals surface area contributed by atoms with Crippen LogP contribution in [0.25, 0.3) is 10.9 Å². The van der Waals surface area contributed by atoms with Gasteiger partial charge in [-0.25, -0.2) is 14.4 Å². The number of halogens is 1. The first kappa shape index (κ1) is 24.7. The summed E-state index contributed by atoms with van der Waals surface area (Å²) in [5, 5.41) is 0.980. The number of carbonyl (C=O) groups is 1. The minimum atomic E-state index is -0.620. The number of fused-ring (bicyclic) bond motifs is 1. The molecular weight excluding hydrogens is 451 g/mol. The molecule has 2 aromatic heterocycles. The van der Waals surface area contributed by atoms with Gasteiger partial charge in [0.15, 0.2) is 5.78 Å². The molecule has 3 aromatic rings. The molecule has 1 aliphatic rings. The highest BCUT2D eigenvalue weighted by Gasteiger charge is 2.28. The molecule has 1 unspecified atom stereocenters. The molecule has 34 heavy (non-hydrogen) atoms. The number of benzene rings is 1. The number of nitrogens with zero attached hydrogens (tertiary/aromatic N) is 4. The Kier molecular flexibility index (Phi) is 8.21. The Balaban J connectivity index is 1.61. The molecule has 0 aliphatic heterocycles. The van der Waals surface area contributed by atoms with Gasteiger partial charge in [-0.3, -0.25) is 19.1 Å². The van der Waals surface area contributed by atoms with Crippen LogP contribution >= 0.6 is 11.3 Å². The number of rotatable bonds is 10. The second kappa shape index (κ2) is 11.3. The lowest BCUT2D eigenvalue weighted by atomic mass is 9.83. The smallest absolute Gasteiger partial charge is 0.261 e. The molecule has 2 heterocycles. The van der Waals surface area contributed by atoms with Crippen LogP contribution in [0.3, 0.4) is 0 Å². The number of Topliss-reactive ketones (excluding diaryl/α,β-unsaturated/α-hetero) is 1. The largest absolute Gasteiger partial charge is 0.299 e. The number of ketones is 1. The molecule has 6 nitrogen and oxygen atoms in total. The summed E-state index contributed by atoms with van der Waals surface area (Å²) in [6.07, 6.45) is 9.79. The molecule has 1 atom stereocenters. The van der Waals surface area contributed by atoms with E-state index < -0.39 is 11.9 Å². The molecule has 0 N–H and O–H groups in total.